The molecule has 0 aliphatic carbocycles. The van der Waals surface area contributed by atoms with Gasteiger partial charge in [0.2, 0.25) is 0 Å². The normalized spacial score (nSPS) is 11.0. The molecule has 4 rings (SSSR count). The molecule has 1 amide bonds. The number of imidazole rings is 1. The van der Waals surface area contributed by atoms with Crippen LogP contribution in [-0.2, 0) is 17.9 Å². The summed E-state index contributed by atoms with van der Waals surface area (Å²) in [4.78, 5) is 29.4. The Bertz CT molecular complexity index is 1280. The molecule has 4 aromatic rings. The second kappa shape index (κ2) is 9.25. The van der Waals surface area contributed by atoms with E-state index in [1.54, 1.807) is 53.1 Å². The fourth-order valence-corrected chi connectivity index (χ4v) is 3.46. The molecule has 8 nitrogen and oxygen atoms in total. The highest BCUT2D eigenvalue weighted by molar-refractivity contribution is 6.31. The monoisotopic (exact) mass is 453 g/mol. The molecule has 0 aliphatic heterocycles. The quantitative estimate of drug-likeness (QED) is 0.406. The lowest BCUT2D eigenvalue weighted by Crippen LogP contribution is -2.14. The molecule has 0 fully saturated rings. The van der Waals surface area contributed by atoms with E-state index in [0.29, 0.717) is 22.1 Å². The first kappa shape index (κ1) is 21.6. The molecule has 2 aromatic carbocycles. The van der Waals surface area contributed by atoms with Crippen molar-refractivity contribution in [2.45, 2.75) is 20.1 Å². The van der Waals surface area contributed by atoms with E-state index < -0.39 is 11.9 Å². The highest BCUT2D eigenvalue weighted by Gasteiger charge is 2.16. The first-order valence-corrected chi connectivity index (χ1v) is 10.2. The van der Waals surface area contributed by atoms with Gasteiger partial charge < -0.3 is 24.1 Å². The Morgan fingerprint density at radius 3 is 2.81 bits per heavy atom. The number of nitrogens with one attached hydrogen (secondary N) is 1. The maximum atomic E-state index is 12.7. The van der Waals surface area contributed by atoms with Crippen LogP contribution in [0, 0.1) is 6.92 Å². The van der Waals surface area contributed by atoms with E-state index in [1.165, 1.54) is 6.26 Å². The molecule has 2 heterocycles. The molecule has 164 valence electrons. The summed E-state index contributed by atoms with van der Waals surface area (Å²) in [6.07, 6.45) is 1.41. The number of nitrogens with zero attached hydrogens (tertiary/aromatic N) is 2. The Balaban J connectivity index is 1.51. The Morgan fingerprint density at radius 1 is 1.22 bits per heavy atom. The third kappa shape index (κ3) is 4.51. The largest absolute Gasteiger partial charge is 0.459 e. The highest BCUT2D eigenvalue weighted by Crippen LogP contribution is 2.22. The maximum Gasteiger partial charge on any atom is 0.338 e. The topological polar surface area (TPSA) is 107 Å². The SMILES string of the molecule is Cc1ccc(C(=O)OCc2nc3ccc(Cl)cc3n2CCO)cc1NC(=O)c1ccco1. The van der Waals surface area contributed by atoms with E-state index in [2.05, 4.69) is 10.3 Å². The van der Waals surface area contributed by atoms with E-state index >= 15 is 0 Å². The summed E-state index contributed by atoms with van der Waals surface area (Å²) in [5.74, 6) is -0.331. The van der Waals surface area contributed by atoms with Crippen LogP contribution in [0.5, 0.6) is 0 Å². The van der Waals surface area contributed by atoms with Crippen molar-refractivity contribution in [2.75, 3.05) is 11.9 Å². The summed E-state index contributed by atoms with van der Waals surface area (Å²) in [5, 5.41) is 12.7. The standard InChI is InChI=1S/C23H20ClN3O5/c1-14-4-5-15(11-18(14)26-22(29)20-3-2-10-31-20)23(30)32-13-21-25-17-7-6-16(24)12-19(17)27(21)8-9-28/h2-7,10-12,28H,8-9,13H2,1H3,(H,26,29). The highest BCUT2D eigenvalue weighted by atomic mass is 35.5. The molecule has 0 saturated carbocycles. The van der Waals surface area contributed by atoms with Gasteiger partial charge in [0.05, 0.1) is 29.5 Å². The van der Waals surface area contributed by atoms with Gasteiger partial charge in [0.25, 0.3) is 5.91 Å². The molecule has 2 N–H and O–H groups in total. The third-order valence-corrected chi connectivity index (χ3v) is 5.15. The molecule has 0 aliphatic rings. The number of hydrogen-bond acceptors (Lipinski definition) is 6. The smallest absolute Gasteiger partial charge is 0.338 e. The number of hydrogen-bond donors (Lipinski definition) is 2. The number of furan rings is 1. The molecule has 32 heavy (non-hydrogen) atoms. The molecule has 0 saturated heterocycles. The van der Waals surface area contributed by atoms with Crippen molar-refractivity contribution in [2.24, 2.45) is 0 Å². The number of aliphatic hydroxyl groups is 1. The zero-order chi connectivity index (χ0) is 22.7. The Hall–Kier alpha value is -3.62. The fourth-order valence-electron chi connectivity index (χ4n) is 3.29. The van der Waals surface area contributed by atoms with Gasteiger partial charge in [0.15, 0.2) is 5.76 Å². The van der Waals surface area contributed by atoms with Crippen molar-refractivity contribution in [1.29, 1.82) is 0 Å². The lowest BCUT2D eigenvalue weighted by atomic mass is 10.1. The summed E-state index contributed by atoms with van der Waals surface area (Å²) >= 11 is 6.08. The number of anilines is 1. The van der Waals surface area contributed by atoms with Gasteiger partial charge in [-0.15, -0.1) is 0 Å². The molecule has 0 unspecified atom stereocenters. The summed E-state index contributed by atoms with van der Waals surface area (Å²) in [5.41, 5.74) is 2.97. The predicted octanol–water partition coefficient (Wildman–Crippen LogP) is 4.19. The van der Waals surface area contributed by atoms with E-state index in [4.69, 9.17) is 20.8 Å². The van der Waals surface area contributed by atoms with E-state index in [0.717, 1.165) is 11.1 Å². The van der Waals surface area contributed by atoms with Crippen molar-refractivity contribution >= 4 is 40.2 Å². The van der Waals surface area contributed by atoms with Gasteiger partial charge in [-0.3, -0.25) is 4.79 Å². The molecule has 0 spiro atoms. The number of amides is 1. The van der Waals surface area contributed by atoms with Crippen molar-refractivity contribution in [3.05, 3.63) is 82.5 Å². The summed E-state index contributed by atoms with van der Waals surface area (Å²) in [6, 6.07) is 13.3. The Kier molecular flexibility index (Phi) is 6.25. The average molecular weight is 454 g/mol. The summed E-state index contributed by atoms with van der Waals surface area (Å²) in [7, 11) is 0. The minimum atomic E-state index is -0.570. The number of benzene rings is 2. The van der Waals surface area contributed by atoms with Crippen LogP contribution in [0.15, 0.2) is 59.2 Å². The van der Waals surface area contributed by atoms with Gasteiger partial charge in [0.1, 0.15) is 12.4 Å². The number of fused-ring (bicyclic) bond motifs is 1. The van der Waals surface area contributed by atoms with E-state index in [1.807, 2.05) is 6.92 Å². The Labute approximate surface area is 188 Å². The van der Waals surface area contributed by atoms with Crippen LogP contribution in [0.1, 0.15) is 32.3 Å². The Morgan fingerprint density at radius 2 is 2.06 bits per heavy atom. The molecule has 9 heteroatoms. The molecule has 2 aromatic heterocycles. The van der Waals surface area contributed by atoms with Gasteiger partial charge in [-0.25, -0.2) is 9.78 Å². The van der Waals surface area contributed by atoms with Crippen LogP contribution >= 0.6 is 11.6 Å². The second-order valence-corrected chi connectivity index (χ2v) is 7.51. The second-order valence-electron chi connectivity index (χ2n) is 7.07. The third-order valence-electron chi connectivity index (χ3n) is 4.91. The lowest BCUT2D eigenvalue weighted by Gasteiger charge is -2.11. The lowest BCUT2D eigenvalue weighted by molar-refractivity contribution is 0.0457. The van der Waals surface area contributed by atoms with Crippen LogP contribution in [0.2, 0.25) is 5.02 Å². The van der Waals surface area contributed by atoms with Gasteiger partial charge in [-0.1, -0.05) is 17.7 Å². The van der Waals surface area contributed by atoms with Gasteiger partial charge >= 0.3 is 5.97 Å². The first-order valence-electron chi connectivity index (χ1n) is 9.84. The molecule has 0 atom stereocenters. The molecular weight excluding hydrogens is 434 g/mol. The molecule has 0 radical (unpaired) electrons. The number of aryl methyl sites for hydroxylation is 1. The van der Waals surface area contributed by atoms with Crippen molar-refractivity contribution in [3.63, 3.8) is 0 Å². The van der Waals surface area contributed by atoms with Gasteiger partial charge in [0, 0.05) is 17.3 Å². The number of aromatic nitrogens is 2. The molecule has 0 bridgehead atoms. The summed E-state index contributed by atoms with van der Waals surface area (Å²) < 4.78 is 12.3. The van der Waals surface area contributed by atoms with Crippen LogP contribution in [0.25, 0.3) is 11.0 Å². The number of carbonyl (C=O) groups is 2. The van der Waals surface area contributed by atoms with Crippen LogP contribution in [0.3, 0.4) is 0 Å². The molecular formula is C23H20ClN3O5. The zero-order valence-electron chi connectivity index (χ0n) is 17.2. The van der Waals surface area contributed by atoms with Gasteiger partial charge in [-0.2, -0.15) is 0 Å². The maximum absolute atomic E-state index is 12.7. The van der Waals surface area contributed by atoms with Crippen LogP contribution < -0.4 is 5.32 Å². The minimum absolute atomic E-state index is 0.0902. The minimum Gasteiger partial charge on any atom is -0.459 e. The number of ether oxygens (including phenoxy) is 1. The predicted molar refractivity (Wildman–Crippen MR) is 119 cm³/mol. The van der Waals surface area contributed by atoms with Gasteiger partial charge in [-0.05, 0) is 55.0 Å². The zero-order valence-corrected chi connectivity index (χ0v) is 17.9. The number of aliphatic hydroxyl groups excluding tert-OH is 1. The van der Waals surface area contributed by atoms with E-state index in [-0.39, 0.29) is 31.1 Å². The number of esters is 1. The number of rotatable bonds is 7. The van der Waals surface area contributed by atoms with Crippen LogP contribution in [-0.4, -0.2) is 33.1 Å². The van der Waals surface area contributed by atoms with Crippen molar-refractivity contribution in [3.8, 4) is 0 Å². The number of carbonyl (C=O) groups excluding carboxylic acids is 2. The van der Waals surface area contributed by atoms with E-state index in [9.17, 15) is 14.7 Å². The van der Waals surface area contributed by atoms with Crippen molar-refractivity contribution < 1.29 is 23.8 Å². The fraction of sp³-hybridized carbons (Fsp3) is 0.174. The van der Waals surface area contributed by atoms with Crippen molar-refractivity contribution in [1.82, 2.24) is 9.55 Å². The summed E-state index contributed by atoms with van der Waals surface area (Å²) in [6.45, 7) is 1.91. The van der Waals surface area contributed by atoms with Crippen LogP contribution in [0.4, 0.5) is 5.69 Å². The number of halogens is 1. The first-order chi connectivity index (χ1) is 15.5. The average Bonchev–Trinajstić information content (AvgIpc) is 3.43.